The second-order valence-corrected chi connectivity index (χ2v) is 12.0. The van der Waals surface area contributed by atoms with Crippen molar-refractivity contribution >= 4 is 16.9 Å². The second kappa shape index (κ2) is 11.9. The Kier molecular flexibility index (Phi) is 7.72. The highest BCUT2D eigenvalue weighted by molar-refractivity contribution is 7.19. The molecule has 0 bridgehead atoms. The number of hydrogen-bond donors (Lipinski definition) is 1. The summed E-state index contributed by atoms with van der Waals surface area (Å²) < 4.78 is 15.9. The minimum absolute atomic E-state index is 0.0747. The first-order valence-corrected chi connectivity index (χ1v) is 15.6. The van der Waals surface area contributed by atoms with Gasteiger partial charge in [0.05, 0.1) is 28.6 Å². The highest BCUT2D eigenvalue weighted by Gasteiger charge is 2.25. The molecule has 2 aliphatic heterocycles. The van der Waals surface area contributed by atoms with Crippen molar-refractivity contribution in [2.24, 2.45) is 0 Å². The predicted molar refractivity (Wildman–Crippen MR) is 162 cm³/mol. The highest BCUT2D eigenvalue weighted by Crippen LogP contribution is 2.42. The van der Waals surface area contributed by atoms with Crippen molar-refractivity contribution in [2.45, 2.75) is 51.4 Å². The number of likely N-dealkylation sites (tertiary alicyclic amines) is 1. The zero-order valence-corrected chi connectivity index (χ0v) is 24.5. The lowest BCUT2D eigenvalue weighted by Gasteiger charge is -2.29. The largest absolute Gasteiger partial charge is 0.492 e. The maximum Gasteiger partial charge on any atom is 0.193 e. The van der Waals surface area contributed by atoms with Crippen LogP contribution >= 0.6 is 11.3 Å². The van der Waals surface area contributed by atoms with E-state index in [4.69, 9.17) is 29.6 Å². The van der Waals surface area contributed by atoms with Crippen LogP contribution in [0, 0.1) is 6.92 Å². The molecule has 218 valence electrons. The molecule has 2 aliphatic rings. The summed E-state index contributed by atoms with van der Waals surface area (Å²) in [6, 6.07) is 14.2. The van der Waals surface area contributed by atoms with E-state index in [0.29, 0.717) is 12.4 Å². The maximum absolute atomic E-state index is 9.77. The summed E-state index contributed by atoms with van der Waals surface area (Å²) in [6.45, 7) is 6.02. The standard InChI is InChI=1S/C31H35N7O3S/c1-21-27(25-19-24(12-15-37(25)34-21)40-18-16-36-13-10-23(39)11-14-36)31-33-28(22-7-3-2-4-8-22)29(42-31)30-32-20-38(35-30)26-9-5-6-17-41-26/h2-4,7-8,12,15,19-20,23,26,39H,5-6,9-11,13-14,16-18H2,1H3. The van der Waals surface area contributed by atoms with E-state index >= 15 is 0 Å². The SMILES string of the molecule is Cc1nn2ccc(OCCN3CCC(O)CC3)cc2c1-c1nc(-c2ccccc2)c(-c2ncn(C3CCCCO3)n2)s1. The van der Waals surface area contributed by atoms with Crippen molar-refractivity contribution in [1.82, 2.24) is 34.3 Å². The van der Waals surface area contributed by atoms with Crippen LogP contribution in [0.1, 0.15) is 44.0 Å². The van der Waals surface area contributed by atoms with Gasteiger partial charge in [-0.25, -0.2) is 19.2 Å². The predicted octanol–water partition coefficient (Wildman–Crippen LogP) is 5.23. The number of aromatic nitrogens is 6. The normalized spacial score (nSPS) is 18.6. The van der Waals surface area contributed by atoms with Crippen LogP contribution < -0.4 is 4.74 Å². The fourth-order valence-electron chi connectivity index (χ4n) is 5.75. The molecule has 1 aromatic carbocycles. The molecule has 10 nitrogen and oxygen atoms in total. The van der Waals surface area contributed by atoms with Crippen LogP contribution in [0.15, 0.2) is 55.0 Å². The molecule has 5 aromatic rings. The van der Waals surface area contributed by atoms with Crippen molar-refractivity contribution in [2.75, 3.05) is 32.8 Å². The van der Waals surface area contributed by atoms with E-state index in [1.807, 2.05) is 52.6 Å². The van der Waals surface area contributed by atoms with Crippen LogP contribution in [-0.2, 0) is 4.74 Å². The number of piperidine rings is 1. The first-order valence-electron chi connectivity index (χ1n) is 14.7. The van der Waals surface area contributed by atoms with Crippen molar-refractivity contribution in [3.8, 4) is 38.3 Å². The summed E-state index contributed by atoms with van der Waals surface area (Å²) in [5.41, 5.74) is 4.70. The average molecular weight is 586 g/mol. The molecule has 7 rings (SSSR count). The van der Waals surface area contributed by atoms with Gasteiger partial charge in [0.1, 0.15) is 28.6 Å². The minimum Gasteiger partial charge on any atom is -0.492 e. The van der Waals surface area contributed by atoms with Crippen molar-refractivity contribution in [3.05, 3.63) is 60.7 Å². The average Bonchev–Trinajstić information content (AvgIpc) is 3.76. The maximum atomic E-state index is 9.77. The van der Waals surface area contributed by atoms with Crippen LogP contribution in [0.4, 0.5) is 0 Å². The zero-order chi connectivity index (χ0) is 28.5. The third-order valence-corrected chi connectivity index (χ3v) is 9.13. The zero-order valence-electron chi connectivity index (χ0n) is 23.7. The number of nitrogens with zero attached hydrogens (tertiary/aromatic N) is 7. The number of aliphatic hydroxyl groups is 1. The molecule has 0 amide bonds. The summed E-state index contributed by atoms with van der Waals surface area (Å²) in [5.74, 6) is 1.45. The number of rotatable bonds is 8. The molecule has 1 atom stereocenters. The molecule has 1 N–H and O–H groups in total. The van der Waals surface area contributed by atoms with Crippen molar-refractivity contribution in [1.29, 1.82) is 0 Å². The Balaban J connectivity index is 1.20. The Hall–Kier alpha value is -3.64. The van der Waals surface area contributed by atoms with Crippen LogP contribution in [0.2, 0.25) is 0 Å². The smallest absolute Gasteiger partial charge is 0.193 e. The summed E-state index contributed by atoms with van der Waals surface area (Å²) in [7, 11) is 0. The molecule has 0 aliphatic carbocycles. The lowest BCUT2D eigenvalue weighted by molar-refractivity contribution is -0.0395. The molecular weight excluding hydrogens is 550 g/mol. The van der Waals surface area contributed by atoms with Gasteiger partial charge < -0.3 is 14.6 Å². The van der Waals surface area contributed by atoms with E-state index in [1.165, 1.54) is 0 Å². The van der Waals surface area contributed by atoms with Crippen molar-refractivity contribution in [3.63, 3.8) is 0 Å². The Morgan fingerprint density at radius 2 is 1.93 bits per heavy atom. The van der Waals surface area contributed by atoms with E-state index in [-0.39, 0.29) is 12.3 Å². The van der Waals surface area contributed by atoms with E-state index < -0.39 is 0 Å². The van der Waals surface area contributed by atoms with E-state index in [1.54, 1.807) is 17.7 Å². The molecule has 0 radical (unpaired) electrons. The van der Waals surface area contributed by atoms with Crippen LogP contribution in [0.3, 0.4) is 0 Å². The number of pyridine rings is 1. The lowest BCUT2D eigenvalue weighted by Crippen LogP contribution is -2.38. The minimum atomic E-state index is -0.167. The molecule has 11 heteroatoms. The number of aliphatic hydroxyl groups excluding tert-OH is 1. The van der Waals surface area contributed by atoms with Gasteiger partial charge in [0, 0.05) is 44.1 Å². The molecule has 4 aromatic heterocycles. The molecule has 2 fully saturated rings. The first-order chi connectivity index (χ1) is 20.6. The summed E-state index contributed by atoms with van der Waals surface area (Å²) in [4.78, 5) is 13.1. The van der Waals surface area contributed by atoms with E-state index in [2.05, 4.69) is 17.0 Å². The molecule has 42 heavy (non-hydrogen) atoms. The molecule has 1 unspecified atom stereocenters. The topological polar surface area (TPSA) is 103 Å². The molecule has 0 saturated carbocycles. The van der Waals surface area contributed by atoms with Crippen LogP contribution in [-0.4, -0.2) is 78.3 Å². The number of thiazole rings is 1. The molecule has 6 heterocycles. The Labute approximate surface area is 248 Å². The third kappa shape index (κ3) is 5.57. The Morgan fingerprint density at radius 3 is 2.74 bits per heavy atom. The number of ether oxygens (including phenoxy) is 2. The van der Waals surface area contributed by atoms with Crippen LogP contribution in [0.25, 0.3) is 38.0 Å². The summed E-state index contributed by atoms with van der Waals surface area (Å²) >= 11 is 1.59. The van der Waals surface area contributed by atoms with Gasteiger partial charge in [0.25, 0.3) is 0 Å². The highest BCUT2D eigenvalue weighted by atomic mass is 32.1. The van der Waals surface area contributed by atoms with Gasteiger partial charge in [-0.05, 0) is 45.1 Å². The first kappa shape index (κ1) is 27.2. The number of fused-ring (bicyclic) bond motifs is 1. The summed E-state index contributed by atoms with van der Waals surface area (Å²) in [5, 5.41) is 20.3. The van der Waals surface area contributed by atoms with Crippen molar-refractivity contribution < 1.29 is 14.6 Å². The number of benzene rings is 1. The van der Waals surface area contributed by atoms with E-state index in [9.17, 15) is 5.11 Å². The quantitative estimate of drug-likeness (QED) is 0.264. The Bertz CT molecular complexity index is 1650. The third-order valence-electron chi connectivity index (χ3n) is 8.07. The van der Waals surface area contributed by atoms with Gasteiger partial charge in [0.15, 0.2) is 12.1 Å². The molecule has 0 spiro atoms. The fourth-order valence-corrected chi connectivity index (χ4v) is 6.88. The Morgan fingerprint density at radius 1 is 1.07 bits per heavy atom. The summed E-state index contributed by atoms with van der Waals surface area (Å²) in [6.07, 6.45) is 8.29. The fraction of sp³-hybridized carbons (Fsp3) is 0.419. The van der Waals surface area contributed by atoms with Gasteiger partial charge in [-0.15, -0.1) is 16.4 Å². The van der Waals surface area contributed by atoms with Gasteiger partial charge >= 0.3 is 0 Å². The van der Waals surface area contributed by atoms with Gasteiger partial charge in [0.2, 0.25) is 0 Å². The van der Waals surface area contributed by atoms with Gasteiger partial charge in [-0.3, -0.25) is 4.90 Å². The number of aryl methyl sites for hydroxylation is 1. The van der Waals surface area contributed by atoms with Gasteiger partial charge in [-0.1, -0.05) is 30.3 Å². The second-order valence-electron chi connectivity index (χ2n) is 11.0. The van der Waals surface area contributed by atoms with Gasteiger partial charge in [-0.2, -0.15) is 5.10 Å². The molecular formula is C31H35N7O3S. The lowest BCUT2D eigenvalue weighted by atomic mass is 10.1. The van der Waals surface area contributed by atoms with Crippen LogP contribution in [0.5, 0.6) is 5.75 Å². The number of hydrogen-bond acceptors (Lipinski definition) is 9. The molecule has 2 saturated heterocycles. The monoisotopic (exact) mass is 585 g/mol. The van der Waals surface area contributed by atoms with E-state index in [0.717, 1.165) is 102 Å².